The van der Waals surface area contributed by atoms with Crippen molar-refractivity contribution in [1.29, 1.82) is 0 Å². The Morgan fingerprint density at radius 1 is 1.13 bits per heavy atom. The molecule has 23 heavy (non-hydrogen) atoms. The SMILES string of the molecule is CC(C)(C)c1noc(OCc2nnc(-c3ccc(Cl)cc3)o2)n1. The summed E-state index contributed by atoms with van der Waals surface area (Å²) in [6.07, 6.45) is 0.0705. The van der Waals surface area contributed by atoms with Gasteiger partial charge in [0.05, 0.1) is 0 Å². The van der Waals surface area contributed by atoms with Crippen LogP contribution in [0.15, 0.2) is 33.2 Å². The molecule has 0 aliphatic carbocycles. The monoisotopic (exact) mass is 334 g/mol. The van der Waals surface area contributed by atoms with E-state index in [9.17, 15) is 0 Å². The third kappa shape index (κ3) is 3.68. The molecule has 8 heteroatoms. The minimum absolute atomic E-state index is 0.0480. The Kier molecular flexibility index (Phi) is 4.04. The summed E-state index contributed by atoms with van der Waals surface area (Å²) in [6.45, 7) is 6.00. The molecule has 0 radical (unpaired) electrons. The van der Waals surface area contributed by atoms with Crippen molar-refractivity contribution in [2.24, 2.45) is 0 Å². The van der Waals surface area contributed by atoms with Crippen LogP contribution >= 0.6 is 11.6 Å². The zero-order valence-corrected chi connectivity index (χ0v) is 13.7. The fourth-order valence-electron chi connectivity index (χ4n) is 1.72. The van der Waals surface area contributed by atoms with Crippen molar-refractivity contribution in [2.75, 3.05) is 0 Å². The zero-order chi connectivity index (χ0) is 16.4. The van der Waals surface area contributed by atoms with Crippen molar-refractivity contribution >= 4 is 11.6 Å². The van der Waals surface area contributed by atoms with Crippen LogP contribution in [0, 0.1) is 0 Å². The Hall–Kier alpha value is -2.41. The number of benzene rings is 1. The molecule has 3 rings (SSSR count). The number of ether oxygens (including phenoxy) is 1. The van der Waals surface area contributed by atoms with E-state index >= 15 is 0 Å². The van der Waals surface area contributed by atoms with Gasteiger partial charge in [0.15, 0.2) is 12.4 Å². The van der Waals surface area contributed by atoms with Gasteiger partial charge in [-0.25, -0.2) is 0 Å². The number of nitrogens with zero attached hydrogens (tertiary/aromatic N) is 4. The van der Waals surface area contributed by atoms with Gasteiger partial charge in [0.1, 0.15) is 0 Å². The summed E-state index contributed by atoms with van der Waals surface area (Å²) in [6, 6.07) is 7.11. The molecule has 0 bridgehead atoms. The molecule has 120 valence electrons. The second kappa shape index (κ2) is 6.00. The Labute approximate surface area is 137 Å². The number of aromatic nitrogens is 4. The minimum atomic E-state index is -0.211. The largest absolute Gasteiger partial charge is 0.439 e. The van der Waals surface area contributed by atoms with Gasteiger partial charge in [0.2, 0.25) is 5.89 Å². The maximum atomic E-state index is 5.85. The first-order chi connectivity index (χ1) is 10.9. The van der Waals surface area contributed by atoms with Crippen LogP contribution in [0.3, 0.4) is 0 Å². The predicted octanol–water partition coefficient (Wildman–Crippen LogP) is 3.65. The standard InChI is InChI=1S/C15H15ClN4O3/c1-15(2,3)13-17-14(23-20-13)21-8-11-18-19-12(22-11)9-4-6-10(16)7-5-9/h4-7H,8H2,1-3H3. The van der Waals surface area contributed by atoms with E-state index in [1.54, 1.807) is 24.3 Å². The van der Waals surface area contributed by atoms with Gasteiger partial charge in [-0.15, -0.1) is 10.2 Å². The number of halogens is 1. The normalized spacial score (nSPS) is 11.7. The molecule has 0 saturated heterocycles. The summed E-state index contributed by atoms with van der Waals surface area (Å²) in [5, 5.41) is 12.4. The molecule has 0 spiro atoms. The van der Waals surface area contributed by atoms with Crippen LogP contribution in [0.1, 0.15) is 32.5 Å². The van der Waals surface area contributed by atoms with Gasteiger partial charge in [0.25, 0.3) is 5.89 Å². The third-order valence-corrected chi connectivity index (χ3v) is 3.21. The molecule has 0 aliphatic heterocycles. The Morgan fingerprint density at radius 2 is 1.87 bits per heavy atom. The Balaban J connectivity index is 1.65. The van der Waals surface area contributed by atoms with Crippen molar-refractivity contribution in [3.8, 4) is 17.5 Å². The number of hydrogen-bond acceptors (Lipinski definition) is 7. The molecule has 0 atom stereocenters. The molecule has 7 nitrogen and oxygen atoms in total. The van der Waals surface area contributed by atoms with E-state index in [0.717, 1.165) is 5.56 Å². The smallest absolute Gasteiger partial charge is 0.417 e. The van der Waals surface area contributed by atoms with Crippen molar-refractivity contribution in [1.82, 2.24) is 20.3 Å². The topological polar surface area (TPSA) is 87.1 Å². The van der Waals surface area contributed by atoms with E-state index in [2.05, 4.69) is 20.3 Å². The minimum Gasteiger partial charge on any atom is -0.439 e. The van der Waals surface area contributed by atoms with Crippen molar-refractivity contribution in [3.05, 3.63) is 41.0 Å². The average molecular weight is 335 g/mol. The highest BCUT2D eigenvalue weighted by molar-refractivity contribution is 6.30. The van der Waals surface area contributed by atoms with Crippen LogP contribution in [0.2, 0.25) is 5.02 Å². The lowest BCUT2D eigenvalue weighted by atomic mass is 9.96. The van der Waals surface area contributed by atoms with E-state index < -0.39 is 0 Å². The third-order valence-electron chi connectivity index (χ3n) is 2.96. The first-order valence-corrected chi connectivity index (χ1v) is 7.35. The highest BCUT2D eigenvalue weighted by Crippen LogP contribution is 2.22. The second-order valence-corrected chi connectivity index (χ2v) is 6.37. The van der Waals surface area contributed by atoms with Crippen LogP contribution in [0.5, 0.6) is 6.08 Å². The lowest BCUT2D eigenvalue weighted by Gasteiger charge is -2.10. The lowest BCUT2D eigenvalue weighted by Crippen LogP contribution is -2.13. The highest BCUT2D eigenvalue weighted by Gasteiger charge is 2.22. The van der Waals surface area contributed by atoms with E-state index in [-0.39, 0.29) is 18.1 Å². The van der Waals surface area contributed by atoms with Gasteiger partial charge < -0.3 is 9.15 Å². The Bertz CT molecular complexity index is 790. The summed E-state index contributed by atoms with van der Waals surface area (Å²) in [5.41, 5.74) is 0.568. The highest BCUT2D eigenvalue weighted by atomic mass is 35.5. The van der Waals surface area contributed by atoms with E-state index in [0.29, 0.717) is 22.6 Å². The molecular formula is C15H15ClN4O3. The first-order valence-electron chi connectivity index (χ1n) is 6.97. The van der Waals surface area contributed by atoms with Crippen LogP contribution in [-0.4, -0.2) is 20.3 Å². The van der Waals surface area contributed by atoms with Crippen LogP contribution in [-0.2, 0) is 12.0 Å². The second-order valence-electron chi connectivity index (χ2n) is 5.93. The average Bonchev–Trinajstić information content (AvgIpc) is 3.15. The van der Waals surface area contributed by atoms with Gasteiger partial charge in [-0.2, -0.15) is 4.98 Å². The van der Waals surface area contributed by atoms with Gasteiger partial charge in [-0.3, -0.25) is 4.52 Å². The van der Waals surface area contributed by atoms with Crippen molar-refractivity contribution in [3.63, 3.8) is 0 Å². The van der Waals surface area contributed by atoms with E-state index in [1.807, 2.05) is 20.8 Å². The fourth-order valence-corrected chi connectivity index (χ4v) is 1.84. The van der Waals surface area contributed by atoms with Gasteiger partial charge in [-0.1, -0.05) is 37.5 Å². The van der Waals surface area contributed by atoms with Gasteiger partial charge in [0, 0.05) is 16.0 Å². The molecule has 0 unspecified atom stereocenters. The predicted molar refractivity (Wildman–Crippen MR) is 82.1 cm³/mol. The Morgan fingerprint density at radius 3 is 2.52 bits per heavy atom. The molecular weight excluding hydrogens is 320 g/mol. The molecule has 0 saturated carbocycles. The van der Waals surface area contributed by atoms with Crippen LogP contribution < -0.4 is 4.74 Å². The fraction of sp³-hybridized carbons (Fsp3) is 0.333. The molecule has 2 aromatic heterocycles. The summed E-state index contributed by atoms with van der Waals surface area (Å²) < 4.78 is 15.9. The molecule has 0 aliphatic rings. The molecule has 0 amide bonds. The van der Waals surface area contributed by atoms with Crippen molar-refractivity contribution in [2.45, 2.75) is 32.8 Å². The number of rotatable bonds is 4. The quantitative estimate of drug-likeness (QED) is 0.719. The van der Waals surface area contributed by atoms with E-state index in [1.165, 1.54) is 0 Å². The maximum Gasteiger partial charge on any atom is 0.417 e. The van der Waals surface area contributed by atoms with Crippen molar-refractivity contribution < 1.29 is 13.7 Å². The summed E-state index contributed by atoms with van der Waals surface area (Å²) in [5.74, 6) is 1.27. The zero-order valence-electron chi connectivity index (χ0n) is 12.9. The lowest BCUT2D eigenvalue weighted by molar-refractivity contribution is 0.176. The maximum absolute atomic E-state index is 5.85. The van der Waals surface area contributed by atoms with E-state index in [4.69, 9.17) is 25.3 Å². The molecule has 0 N–H and O–H groups in total. The summed E-state index contributed by atoms with van der Waals surface area (Å²) in [4.78, 5) is 4.17. The first kappa shape index (κ1) is 15.5. The molecule has 1 aromatic carbocycles. The summed E-state index contributed by atoms with van der Waals surface area (Å²) >= 11 is 5.85. The molecule has 0 fully saturated rings. The van der Waals surface area contributed by atoms with Crippen LogP contribution in [0.25, 0.3) is 11.5 Å². The molecule has 3 aromatic rings. The molecule has 2 heterocycles. The van der Waals surface area contributed by atoms with Crippen LogP contribution in [0.4, 0.5) is 0 Å². The number of hydrogen-bond donors (Lipinski definition) is 0. The van der Waals surface area contributed by atoms with Gasteiger partial charge in [-0.05, 0) is 24.3 Å². The van der Waals surface area contributed by atoms with Gasteiger partial charge >= 0.3 is 6.08 Å². The summed E-state index contributed by atoms with van der Waals surface area (Å²) in [7, 11) is 0.